The van der Waals surface area contributed by atoms with Gasteiger partial charge in [0, 0.05) is 27.8 Å². The van der Waals surface area contributed by atoms with Crippen LogP contribution in [0.15, 0.2) is 18.2 Å². The second-order valence-corrected chi connectivity index (χ2v) is 7.36. The van der Waals surface area contributed by atoms with E-state index in [1.165, 1.54) is 7.11 Å². The number of nitrogen functional groups attached to an aromatic ring is 1. The molecule has 1 saturated carbocycles. The lowest BCUT2D eigenvalue weighted by atomic mass is 10.2. The molecular formula is C15H22N2O3S. The minimum absolute atomic E-state index is 0.152. The Bertz CT molecular complexity index is 542. The zero-order valence-electron chi connectivity index (χ0n) is 12.4. The Labute approximate surface area is 127 Å². The van der Waals surface area contributed by atoms with Gasteiger partial charge in [0.2, 0.25) is 5.91 Å². The maximum atomic E-state index is 12.4. The maximum absolute atomic E-state index is 12.4. The molecule has 0 aliphatic heterocycles. The summed E-state index contributed by atoms with van der Waals surface area (Å²) in [6, 6.07) is 5.03. The number of methoxy groups -OCH3 is 1. The van der Waals surface area contributed by atoms with Crippen molar-refractivity contribution in [3.63, 3.8) is 0 Å². The maximum Gasteiger partial charge on any atom is 0.239 e. The summed E-state index contributed by atoms with van der Waals surface area (Å²) in [5.74, 6) is 0.255. The van der Waals surface area contributed by atoms with E-state index >= 15 is 0 Å². The lowest BCUT2D eigenvalue weighted by Gasteiger charge is -2.17. The van der Waals surface area contributed by atoms with Crippen LogP contribution in [-0.2, 0) is 15.6 Å². The smallest absolute Gasteiger partial charge is 0.239 e. The molecule has 1 aliphatic carbocycles. The topological polar surface area (TPSA) is 81.4 Å². The van der Waals surface area contributed by atoms with E-state index in [-0.39, 0.29) is 11.2 Å². The molecular weight excluding hydrogens is 288 g/mol. The fourth-order valence-corrected chi connectivity index (χ4v) is 4.21. The molecule has 1 aromatic rings. The van der Waals surface area contributed by atoms with Crippen LogP contribution < -0.4 is 15.8 Å². The number of carbonyl (C=O) groups excluding carboxylic acids is 1. The lowest BCUT2D eigenvalue weighted by molar-refractivity contribution is -0.115. The molecule has 5 nitrogen and oxygen atoms in total. The van der Waals surface area contributed by atoms with Gasteiger partial charge in [-0.15, -0.1) is 0 Å². The zero-order valence-corrected chi connectivity index (χ0v) is 13.2. The van der Waals surface area contributed by atoms with E-state index in [1.54, 1.807) is 25.1 Å². The summed E-state index contributed by atoms with van der Waals surface area (Å²) >= 11 is 0. The molecule has 1 aromatic carbocycles. The first kappa shape index (κ1) is 15.8. The number of anilines is 2. The van der Waals surface area contributed by atoms with Crippen molar-refractivity contribution in [2.75, 3.05) is 18.2 Å². The number of nitrogens with two attached hydrogens (primary N) is 1. The molecule has 1 aliphatic rings. The third kappa shape index (κ3) is 3.75. The van der Waals surface area contributed by atoms with E-state index in [9.17, 15) is 9.00 Å². The molecule has 2 rings (SSSR count). The Morgan fingerprint density at radius 1 is 1.43 bits per heavy atom. The van der Waals surface area contributed by atoms with Crippen molar-refractivity contribution in [2.45, 2.75) is 43.1 Å². The van der Waals surface area contributed by atoms with E-state index < -0.39 is 16.0 Å². The van der Waals surface area contributed by atoms with E-state index in [2.05, 4.69) is 5.32 Å². The van der Waals surface area contributed by atoms with Gasteiger partial charge in [0.25, 0.3) is 0 Å². The molecule has 2 atom stereocenters. The number of ether oxygens (including phenoxy) is 1. The average molecular weight is 310 g/mol. The Morgan fingerprint density at radius 2 is 2.10 bits per heavy atom. The second kappa shape index (κ2) is 6.93. The number of benzene rings is 1. The van der Waals surface area contributed by atoms with Crippen molar-refractivity contribution in [1.29, 1.82) is 0 Å². The van der Waals surface area contributed by atoms with Gasteiger partial charge in [0.15, 0.2) is 0 Å². The molecule has 116 valence electrons. The van der Waals surface area contributed by atoms with Gasteiger partial charge in [-0.25, -0.2) is 0 Å². The summed E-state index contributed by atoms with van der Waals surface area (Å²) in [7, 11) is 0.384. The average Bonchev–Trinajstić information content (AvgIpc) is 3.01. The number of hydrogen-bond acceptors (Lipinski definition) is 4. The van der Waals surface area contributed by atoms with Gasteiger partial charge in [-0.2, -0.15) is 0 Å². The van der Waals surface area contributed by atoms with Gasteiger partial charge in [0.05, 0.1) is 12.8 Å². The Morgan fingerprint density at radius 3 is 2.71 bits per heavy atom. The molecule has 0 spiro atoms. The summed E-state index contributed by atoms with van der Waals surface area (Å²) in [5, 5.41) is 2.40. The summed E-state index contributed by atoms with van der Waals surface area (Å²) in [5.41, 5.74) is 6.79. The highest BCUT2D eigenvalue weighted by Crippen LogP contribution is 2.28. The van der Waals surface area contributed by atoms with Crippen LogP contribution in [0.5, 0.6) is 5.75 Å². The molecule has 2 unspecified atom stereocenters. The van der Waals surface area contributed by atoms with Crippen LogP contribution in [0.1, 0.15) is 32.6 Å². The van der Waals surface area contributed by atoms with E-state index in [0.717, 1.165) is 25.7 Å². The standard InChI is InChI=1S/C15H22N2O3S/c1-10(21(19)12-5-3-4-6-12)15(18)17-13-8-7-11(16)9-14(13)20-2/h7-10,12H,3-6,16H2,1-2H3,(H,17,18). The molecule has 0 radical (unpaired) electrons. The van der Waals surface area contributed by atoms with Gasteiger partial charge in [-0.1, -0.05) is 12.8 Å². The minimum atomic E-state index is -1.13. The van der Waals surface area contributed by atoms with Crippen LogP contribution in [0, 0.1) is 0 Å². The Balaban J connectivity index is 2.05. The van der Waals surface area contributed by atoms with Gasteiger partial charge in [0.1, 0.15) is 11.0 Å². The molecule has 0 saturated heterocycles. The summed E-state index contributed by atoms with van der Waals surface area (Å²) in [4.78, 5) is 12.3. The van der Waals surface area contributed by atoms with Gasteiger partial charge < -0.3 is 15.8 Å². The van der Waals surface area contributed by atoms with Crippen LogP contribution in [0.25, 0.3) is 0 Å². The number of hydrogen-bond donors (Lipinski definition) is 2. The molecule has 0 bridgehead atoms. The fraction of sp³-hybridized carbons (Fsp3) is 0.533. The van der Waals surface area contributed by atoms with Crippen molar-refractivity contribution in [3.05, 3.63) is 18.2 Å². The predicted molar refractivity (Wildman–Crippen MR) is 85.9 cm³/mol. The van der Waals surface area contributed by atoms with Crippen LogP contribution in [0.3, 0.4) is 0 Å². The van der Waals surface area contributed by atoms with Crippen molar-refractivity contribution < 1.29 is 13.7 Å². The first-order valence-corrected chi connectivity index (χ1v) is 8.44. The highest BCUT2D eigenvalue weighted by atomic mass is 32.2. The van der Waals surface area contributed by atoms with Crippen LogP contribution in [0.2, 0.25) is 0 Å². The third-order valence-electron chi connectivity index (χ3n) is 3.83. The van der Waals surface area contributed by atoms with Crippen LogP contribution >= 0.6 is 0 Å². The number of rotatable bonds is 5. The van der Waals surface area contributed by atoms with Gasteiger partial charge in [-0.05, 0) is 31.9 Å². The van der Waals surface area contributed by atoms with Crippen molar-refractivity contribution in [2.24, 2.45) is 0 Å². The molecule has 21 heavy (non-hydrogen) atoms. The van der Waals surface area contributed by atoms with Crippen molar-refractivity contribution in [1.82, 2.24) is 0 Å². The third-order valence-corrected chi connectivity index (χ3v) is 5.87. The Kier molecular flexibility index (Phi) is 5.22. The zero-order chi connectivity index (χ0) is 15.4. The van der Waals surface area contributed by atoms with Crippen molar-refractivity contribution in [3.8, 4) is 5.75 Å². The predicted octanol–water partition coefficient (Wildman–Crippen LogP) is 2.30. The SMILES string of the molecule is COc1cc(N)ccc1NC(=O)C(C)S(=O)C1CCCC1. The van der Waals surface area contributed by atoms with E-state index in [4.69, 9.17) is 10.5 Å². The molecule has 6 heteroatoms. The largest absolute Gasteiger partial charge is 0.494 e. The number of nitrogens with one attached hydrogen (secondary N) is 1. The first-order valence-electron chi connectivity index (χ1n) is 7.16. The monoisotopic (exact) mass is 310 g/mol. The number of carbonyl (C=O) groups is 1. The van der Waals surface area contributed by atoms with E-state index in [0.29, 0.717) is 17.1 Å². The molecule has 3 N–H and O–H groups in total. The summed E-state index contributed by atoms with van der Waals surface area (Å²) in [6.45, 7) is 1.72. The Hall–Kier alpha value is -1.56. The fourth-order valence-electron chi connectivity index (χ4n) is 2.56. The molecule has 1 fully saturated rings. The quantitative estimate of drug-likeness (QED) is 0.818. The molecule has 1 amide bonds. The second-order valence-electron chi connectivity index (χ2n) is 5.33. The summed E-state index contributed by atoms with van der Waals surface area (Å²) < 4.78 is 17.6. The summed E-state index contributed by atoms with van der Waals surface area (Å²) in [6.07, 6.45) is 4.12. The first-order chi connectivity index (χ1) is 10.0. The van der Waals surface area contributed by atoms with Crippen molar-refractivity contribution >= 4 is 28.1 Å². The number of amides is 1. The van der Waals surface area contributed by atoms with Gasteiger partial charge in [-0.3, -0.25) is 9.00 Å². The lowest BCUT2D eigenvalue weighted by Crippen LogP contribution is -2.33. The molecule has 0 heterocycles. The normalized spacial score (nSPS) is 18.2. The highest BCUT2D eigenvalue weighted by Gasteiger charge is 2.29. The van der Waals surface area contributed by atoms with Crippen LogP contribution in [-0.4, -0.2) is 27.7 Å². The highest BCUT2D eigenvalue weighted by molar-refractivity contribution is 7.87. The van der Waals surface area contributed by atoms with Crippen LogP contribution in [0.4, 0.5) is 11.4 Å². The molecule has 0 aromatic heterocycles. The van der Waals surface area contributed by atoms with Gasteiger partial charge >= 0.3 is 0 Å². The van der Waals surface area contributed by atoms with E-state index in [1.807, 2.05) is 0 Å². The minimum Gasteiger partial charge on any atom is -0.494 e.